The maximum absolute atomic E-state index is 4.34. The standard InChI is InChI=1S/C13H25N5/c1-3-9-14-11-13(7-5-4-6-8-13)10-12-15-17-18(2)16-12/h14H,3-11H2,1-2H3. The zero-order valence-electron chi connectivity index (χ0n) is 11.7. The van der Waals surface area contributed by atoms with Gasteiger partial charge in [-0.2, -0.15) is 4.80 Å². The number of aromatic nitrogens is 4. The molecule has 18 heavy (non-hydrogen) atoms. The Morgan fingerprint density at radius 2 is 2.06 bits per heavy atom. The molecule has 0 unspecified atom stereocenters. The molecule has 102 valence electrons. The van der Waals surface area contributed by atoms with Gasteiger partial charge < -0.3 is 5.32 Å². The fourth-order valence-electron chi connectivity index (χ4n) is 2.98. The first kappa shape index (κ1) is 13.5. The summed E-state index contributed by atoms with van der Waals surface area (Å²) in [5.41, 5.74) is 0.358. The minimum absolute atomic E-state index is 0.358. The van der Waals surface area contributed by atoms with Gasteiger partial charge in [0.25, 0.3) is 0 Å². The lowest BCUT2D eigenvalue weighted by molar-refractivity contribution is 0.177. The van der Waals surface area contributed by atoms with E-state index in [2.05, 4.69) is 27.7 Å². The van der Waals surface area contributed by atoms with E-state index in [0.29, 0.717) is 5.41 Å². The molecule has 0 aliphatic heterocycles. The van der Waals surface area contributed by atoms with Crippen molar-refractivity contribution in [2.24, 2.45) is 12.5 Å². The van der Waals surface area contributed by atoms with Crippen LogP contribution in [0.4, 0.5) is 0 Å². The van der Waals surface area contributed by atoms with Gasteiger partial charge in [0.05, 0.1) is 7.05 Å². The summed E-state index contributed by atoms with van der Waals surface area (Å²) >= 11 is 0. The van der Waals surface area contributed by atoms with Crippen LogP contribution in [0.5, 0.6) is 0 Å². The molecule has 1 fully saturated rings. The van der Waals surface area contributed by atoms with E-state index in [0.717, 1.165) is 25.3 Å². The fraction of sp³-hybridized carbons (Fsp3) is 0.923. The molecule has 0 aromatic carbocycles. The first-order valence-corrected chi connectivity index (χ1v) is 7.18. The van der Waals surface area contributed by atoms with Crippen LogP contribution < -0.4 is 5.32 Å². The SMILES string of the molecule is CCCNCC1(Cc2nnn(C)n2)CCCCC1. The van der Waals surface area contributed by atoms with Gasteiger partial charge in [-0.3, -0.25) is 0 Å². The summed E-state index contributed by atoms with van der Waals surface area (Å²) in [6.07, 6.45) is 8.81. The molecule has 5 nitrogen and oxygen atoms in total. The van der Waals surface area contributed by atoms with Crippen molar-refractivity contribution in [2.75, 3.05) is 13.1 Å². The number of nitrogens with one attached hydrogen (secondary N) is 1. The van der Waals surface area contributed by atoms with E-state index in [9.17, 15) is 0 Å². The number of nitrogens with zero attached hydrogens (tertiary/aromatic N) is 4. The number of hydrogen-bond donors (Lipinski definition) is 1. The van der Waals surface area contributed by atoms with Crippen molar-refractivity contribution in [3.8, 4) is 0 Å². The van der Waals surface area contributed by atoms with E-state index in [1.807, 2.05) is 7.05 Å². The maximum atomic E-state index is 4.34. The molecular formula is C13H25N5. The van der Waals surface area contributed by atoms with Crippen molar-refractivity contribution in [3.63, 3.8) is 0 Å². The summed E-state index contributed by atoms with van der Waals surface area (Å²) in [5, 5.41) is 16.0. The molecular weight excluding hydrogens is 226 g/mol. The predicted octanol–water partition coefficient (Wildman–Crippen LogP) is 1.70. The van der Waals surface area contributed by atoms with Crippen molar-refractivity contribution in [1.82, 2.24) is 25.5 Å². The molecule has 1 aromatic heterocycles. The van der Waals surface area contributed by atoms with Crippen LogP contribution in [-0.4, -0.2) is 33.3 Å². The predicted molar refractivity (Wildman–Crippen MR) is 71.2 cm³/mol. The first-order chi connectivity index (χ1) is 8.74. The highest BCUT2D eigenvalue weighted by atomic mass is 15.6. The van der Waals surface area contributed by atoms with Crippen molar-refractivity contribution >= 4 is 0 Å². The summed E-state index contributed by atoms with van der Waals surface area (Å²) in [6, 6.07) is 0. The topological polar surface area (TPSA) is 55.6 Å². The second-order valence-corrected chi connectivity index (χ2v) is 5.61. The smallest absolute Gasteiger partial charge is 0.175 e. The Morgan fingerprint density at radius 1 is 1.28 bits per heavy atom. The highest BCUT2D eigenvalue weighted by Crippen LogP contribution is 2.38. The van der Waals surface area contributed by atoms with Gasteiger partial charge in [0.15, 0.2) is 5.82 Å². The molecule has 0 atom stereocenters. The van der Waals surface area contributed by atoms with Crippen LogP contribution in [0.25, 0.3) is 0 Å². The molecule has 1 N–H and O–H groups in total. The van der Waals surface area contributed by atoms with Crippen LogP contribution in [0.2, 0.25) is 0 Å². The van der Waals surface area contributed by atoms with Gasteiger partial charge in [0, 0.05) is 13.0 Å². The van der Waals surface area contributed by atoms with E-state index >= 15 is 0 Å². The number of rotatable bonds is 6. The zero-order chi connectivity index (χ0) is 12.8. The summed E-state index contributed by atoms with van der Waals surface area (Å²) in [4.78, 5) is 1.56. The second kappa shape index (κ2) is 6.27. The molecule has 5 heteroatoms. The van der Waals surface area contributed by atoms with Gasteiger partial charge in [-0.25, -0.2) is 0 Å². The van der Waals surface area contributed by atoms with Crippen LogP contribution in [0.3, 0.4) is 0 Å². The third-order valence-corrected chi connectivity index (χ3v) is 3.92. The summed E-state index contributed by atoms with van der Waals surface area (Å²) in [5.74, 6) is 0.901. The lowest BCUT2D eigenvalue weighted by atomic mass is 9.71. The molecule has 0 bridgehead atoms. The Hall–Kier alpha value is -0.970. The van der Waals surface area contributed by atoms with Crippen LogP contribution >= 0.6 is 0 Å². The monoisotopic (exact) mass is 251 g/mol. The van der Waals surface area contributed by atoms with Gasteiger partial charge in [-0.1, -0.05) is 26.2 Å². The fourth-order valence-corrected chi connectivity index (χ4v) is 2.98. The van der Waals surface area contributed by atoms with Crippen molar-refractivity contribution in [2.45, 2.75) is 51.9 Å². The molecule has 0 saturated heterocycles. The number of aryl methyl sites for hydroxylation is 1. The molecule has 1 aliphatic rings. The molecule has 2 rings (SSSR count). The third-order valence-electron chi connectivity index (χ3n) is 3.92. The van der Waals surface area contributed by atoms with Crippen LogP contribution in [0, 0.1) is 5.41 Å². The Morgan fingerprint density at radius 3 is 2.67 bits per heavy atom. The average Bonchev–Trinajstić information content (AvgIpc) is 2.76. The molecule has 1 saturated carbocycles. The molecule has 0 radical (unpaired) electrons. The Labute approximate surface area is 109 Å². The Kier molecular flexibility index (Phi) is 4.69. The average molecular weight is 251 g/mol. The normalized spacial score (nSPS) is 19.0. The van der Waals surface area contributed by atoms with Gasteiger partial charge in [0.1, 0.15) is 0 Å². The summed E-state index contributed by atoms with van der Waals surface area (Å²) < 4.78 is 0. The Balaban J connectivity index is 1.99. The molecule has 1 aromatic rings. The third kappa shape index (κ3) is 3.51. The molecule has 0 amide bonds. The van der Waals surface area contributed by atoms with E-state index in [4.69, 9.17) is 0 Å². The van der Waals surface area contributed by atoms with Crippen molar-refractivity contribution in [3.05, 3.63) is 5.82 Å². The highest BCUT2D eigenvalue weighted by Gasteiger charge is 2.33. The first-order valence-electron chi connectivity index (χ1n) is 7.18. The van der Waals surface area contributed by atoms with Gasteiger partial charge in [-0.15, -0.1) is 10.2 Å². The van der Waals surface area contributed by atoms with E-state index in [1.165, 1.54) is 38.5 Å². The van der Waals surface area contributed by atoms with Gasteiger partial charge in [-0.05, 0) is 36.4 Å². The zero-order valence-corrected chi connectivity index (χ0v) is 11.7. The van der Waals surface area contributed by atoms with E-state index in [-0.39, 0.29) is 0 Å². The van der Waals surface area contributed by atoms with E-state index in [1.54, 1.807) is 4.80 Å². The van der Waals surface area contributed by atoms with E-state index < -0.39 is 0 Å². The molecule has 1 heterocycles. The molecule has 1 aliphatic carbocycles. The largest absolute Gasteiger partial charge is 0.316 e. The van der Waals surface area contributed by atoms with Crippen LogP contribution in [0.15, 0.2) is 0 Å². The lowest BCUT2D eigenvalue weighted by Gasteiger charge is -2.36. The van der Waals surface area contributed by atoms with Crippen LogP contribution in [0.1, 0.15) is 51.3 Å². The highest BCUT2D eigenvalue weighted by molar-refractivity contribution is 4.94. The molecule has 0 spiro atoms. The van der Waals surface area contributed by atoms with Crippen molar-refractivity contribution < 1.29 is 0 Å². The summed E-state index contributed by atoms with van der Waals surface area (Å²) in [6.45, 7) is 4.42. The quantitative estimate of drug-likeness (QED) is 0.782. The number of tetrazole rings is 1. The van der Waals surface area contributed by atoms with Crippen LogP contribution in [-0.2, 0) is 13.5 Å². The minimum atomic E-state index is 0.358. The van der Waals surface area contributed by atoms with Gasteiger partial charge >= 0.3 is 0 Å². The Bertz CT molecular complexity index is 354. The summed E-state index contributed by atoms with van der Waals surface area (Å²) in [7, 11) is 1.83. The minimum Gasteiger partial charge on any atom is -0.316 e. The van der Waals surface area contributed by atoms with Crippen molar-refractivity contribution in [1.29, 1.82) is 0 Å². The second-order valence-electron chi connectivity index (χ2n) is 5.61. The van der Waals surface area contributed by atoms with Gasteiger partial charge in [0.2, 0.25) is 0 Å². The lowest BCUT2D eigenvalue weighted by Crippen LogP contribution is -2.38. The number of hydrogen-bond acceptors (Lipinski definition) is 4. The maximum Gasteiger partial charge on any atom is 0.175 e.